The van der Waals surface area contributed by atoms with Gasteiger partial charge in [-0.25, -0.2) is 10.3 Å². The average Bonchev–Trinajstić information content (AvgIpc) is 2.39. The second-order valence-corrected chi connectivity index (χ2v) is 5.71. The summed E-state index contributed by atoms with van der Waals surface area (Å²) in [5.74, 6) is 1.88. The molecule has 16 heavy (non-hydrogen) atoms. The van der Waals surface area contributed by atoms with Crippen molar-refractivity contribution in [1.82, 2.24) is 15.8 Å². The van der Waals surface area contributed by atoms with Gasteiger partial charge in [-0.3, -0.25) is 5.43 Å². The van der Waals surface area contributed by atoms with E-state index < -0.39 is 0 Å². The molecule has 0 aromatic rings. The minimum Gasteiger partial charge on any atom is -0.255 e. The van der Waals surface area contributed by atoms with E-state index >= 15 is 0 Å². The van der Waals surface area contributed by atoms with E-state index in [9.17, 15) is 0 Å². The quantitative estimate of drug-likeness (QED) is 0.726. The lowest BCUT2D eigenvalue weighted by Crippen LogP contribution is -2.56. The van der Waals surface area contributed by atoms with Crippen LogP contribution in [-0.4, -0.2) is 37.2 Å². The molecule has 2 unspecified atom stereocenters. The number of rotatable bonds is 1. The molecule has 0 aromatic heterocycles. The summed E-state index contributed by atoms with van der Waals surface area (Å²) in [4.78, 5) is 0. The van der Waals surface area contributed by atoms with E-state index in [0.717, 1.165) is 31.0 Å². The molecule has 1 radical (unpaired) electrons. The average molecular weight is 222 g/mol. The van der Waals surface area contributed by atoms with Crippen LogP contribution in [0.5, 0.6) is 0 Å². The third-order valence-electron chi connectivity index (χ3n) is 4.74. The number of piperidine rings is 2. The smallest absolute Gasteiger partial charge is 0.0246 e. The van der Waals surface area contributed by atoms with Crippen molar-refractivity contribution in [2.75, 3.05) is 26.2 Å². The first-order chi connectivity index (χ1) is 7.93. The molecule has 0 spiro atoms. The molecule has 3 rings (SSSR count). The molecule has 0 aliphatic carbocycles. The Labute approximate surface area is 98.9 Å². The van der Waals surface area contributed by atoms with Gasteiger partial charge in [0, 0.05) is 32.2 Å². The Morgan fingerprint density at radius 3 is 2.75 bits per heavy atom. The zero-order chi connectivity index (χ0) is 10.8. The van der Waals surface area contributed by atoms with Crippen molar-refractivity contribution in [3.05, 3.63) is 0 Å². The van der Waals surface area contributed by atoms with E-state index in [1.54, 1.807) is 0 Å². The molecule has 1 N–H and O–H groups in total. The maximum absolute atomic E-state index is 4.47. The summed E-state index contributed by atoms with van der Waals surface area (Å²) in [6.45, 7) is 4.74. The van der Waals surface area contributed by atoms with Crippen molar-refractivity contribution in [3.63, 3.8) is 0 Å². The predicted molar refractivity (Wildman–Crippen MR) is 65.0 cm³/mol. The first kappa shape index (κ1) is 11.0. The van der Waals surface area contributed by atoms with Gasteiger partial charge in [0.1, 0.15) is 0 Å². The number of hydrazine groups is 1. The van der Waals surface area contributed by atoms with Gasteiger partial charge in [-0.05, 0) is 43.9 Å². The molecule has 3 aliphatic rings. The molecule has 0 saturated carbocycles. The monoisotopic (exact) mass is 222 g/mol. The largest absolute Gasteiger partial charge is 0.255 e. The molecule has 91 valence electrons. The zero-order valence-electron chi connectivity index (χ0n) is 10.2. The summed E-state index contributed by atoms with van der Waals surface area (Å²) in [6, 6.07) is 0.839. The summed E-state index contributed by atoms with van der Waals surface area (Å²) >= 11 is 0. The van der Waals surface area contributed by atoms with Crippen molar-refractivity contribution < 1.29 is 0 Å². The summed E-state index contributed by atoms with van der Waals surface area (Å²) in [6.07, 6.45) is 8.38. The number of hydrogen-bond acceptors (Lipinski definition) is 2. The van der Waals surface area contributed by atoms with E-state index in [0.29, 0.717) is 0 Å². The minimum atomic E-state index is 0.839. The van der Waals surface area contributed by atoms with Crippen LogP contribution in [-0.2, 0) is 0 Å². The molecular weight excluding hydrogens is 198 g/mol. The first-order valence-electron chi connectivity index (χ1n) is 7.07. The maximum atomic E-state index is 4.47. The summed E-state index contributed by atoms with van der Waals surface area (Å²) in [5, 5.41) is 6.99. The summed E-state index contributed by atoms with van der Waals surface area (Å²) < 4.78 is 0. The lowest BCUT2D eigenvalue weighted by atomic mass is 9.78. The third kappa shape index (κ3) is 2.27. The van der Waals surface area contributed by atoms with E-state index in [4.69, 9.17) is 0 Å². The Bertz CT molecular complexity index is 222. The molecule has 3 aliphatic heterocycles. The van der Waals surface area contributed by atoms with E-state index in [1.165, 1.54) is 51.6 Å². The molecule has 3 heteroatoms. The second-order valence-electron chi connectivity index (χ2n) is 5.71. The van der Waals surface area contributed by atoms with Crippen molar-refractivity contribution in [3.8, 4) is 0 Å². The molecule has 3 nitrogen and oxygen atoms in total. The normalized spacial score (nSPS) is 38.2. The van der Waals surface area contributed by atoms with Gasteiger partial charge in [0.25, 0.3) is 0 Å². The number of fused-ring (bicyclic) bond motifs is 1. The number of nitrogens with zero attached hydrogens (tertiary/aromatic N) is 2. The minimum absolute atomic E-state index is 0.839. The van der Waals surface area contributed by atoms with Gasteiger partial charge in [-0.1, -0.05) is 6.42 Å². The van der Waals surface area contributed by atoms with Crippen LogP contribution in [0, 0.1) is 11.8 Å². The van der Waals surface area contributed by atoms with Crippen molar-refractivity contribution in [2.24, 2.45) is 11.8 Å². The van der Waals surface area contributed by atoms with E-state index in [2.05, 4.69) is 15.8 Å². The Hall–Kier alpha value is -0.120. The highest BCUT2D eigenvalue weighted by molar-refractivity contribution is 4.87. The molecule has 3 heterocycles. The zero-order valence-corrected chi connectivity index (χ0v) is 10.2. The highest BCUT2D eigenvalue weighted by atomic mass is 15.5. The Morgan fingerprint density at radius 2 is 1.88 bits per heavy atom. The highest BCUT2D eigenvalue weighted by Gasteiger charge is 2.34. The van der Waals surface area contributed by atoms with Crippen LogP contribution in [0.3, 0.4) is 0 Å². The van der Waals surface area contributed by atoms with Gasteiger partial charge in [0.2, 0.25) is 0 Å². The Balaban J connectivity index is 1.57. The van der Waals surface area contributed by atoms with Gasteiger partial charge in [-0.2, -0.15) is 0 Å². The van der Waals surface area contributed by atoms with Crippen LogP contribution in [0.1, 0.15) is 38.5 Å². The standard InChI is InChI=1S/C13H24N3/c1-2-8-16-13(3-1)9-12(10-15-16)11-4-6-14-7-5-11/h11-13,15H,1-10H2. The molecule has 2 atom stereocenters. The van der Waals surface area contributed by atoms with Crippen LogP contribution < -0.4 is 10.7 Å². The molecule has 3 fully saturated rings. The molecule has 0 bridgehead atoms. The fraction of sp³-hybridized carbons (Fsp3) is 1.00. The van der Waals surface area contributed by atoms with Gasteiger partial charge < -0.3 is 0 Å². The predicted octanol–water partition coefficient (Wildman–Crippen LogP) is 1.38. The number of hydrogen-bond donors (Lipinski definition) is 1. The fourth-order valence-corrected chi connectivity index (χ4v) is 3.72. The van der Waals surface area contributed by atoms with Crippen LogP contribution >= 0.6 is 0 Å². The molecule has 0 aromatic carbocycles. The topological polar surface area (TPSA) is 29.4 Å². The SMILES string of the molecule is C1CCN2NCC(C3CC[N]CC3)CC2C1. The molecule has 0 amide bonds. The van der Waals surface area contributed by atoms with Crippen LogP contribution in [0.2, 0.25) is 0 Å². The van der Waals surface area contributed by atoms with E-state index in [-0.39, 0.29) is 0 Å². The van der Waals surface area contributed by atoms with Crippen LogP contribution in [0.25, 0.3) is 0 Å². The number of nitrogens with one attached hydrogen (secondary N) is 1. The van der Waals surface area contributed by atoms with Crippen molar-refractivity contribution >= 4 is 0 Å². The lowest BCUT2D eigenvalue weighted by Gasteiger charge is -2.45. The summed E-state index contributed by atoms with van der Waals surface area (Å²) in [7, 11) is 0. The Morgan fingerprint density at radius 1 is 1.00 bits per heavy atom. The maximum Gasteiger partial charge on any atom is 0.0246 e. The van der Waals surface area contributed by atoms with E-state index in [1.807, 2.05) is 0 Å². The molecule has 3 saturated heterocycles. The van der Waals surface area contributed by atoms with Crippen molar-refractivity contribution in [2.45, 2.75) is 44.6 Å². The van der Waals surface area contributed by atoms with Gasteiger partial charge >= 0.3 is 0 Å². The van der Waals surface area contributed by atoms with Gasteiger partial charge in [0.15, 0.2) is 0 Å². The highest BCUT2D eigenvalue weighted by Crippen LogP contribution is 2.32. The first-order valence-corrected chi connectivity index (χ1v) is 7.07. The lowest BCUT2D eigenvalue weighted by molar-refractivity contribution is 0.00838. The molecular formula is C13H24N3. The summed E-state index contributed by atoms with van der Waals surface area (Å²) in [5.41, 5.74) is 3.67. The van der Waals surface area contributed by atoms with Crippen molar-refractivity contribution in [1.29, 1.82) is 0 Å². The van der Waals surface area contributed by atoms with Gasteiger partial charge in [0.05, 0.1) is 0 Å². The third-order valence-corrected chi connectivity index (χ3v) is 4.74. The Kier molecular flexibility index (Phi) is 3.46. The van der Waals surface area contributed by atoms with Crippen LogP contribution in [0.4, 0.5) is 0 Å². The second kappa shape index (κ2) is 5.03. The fourth-order valence-electron chi connectivity index (χ4n) is 3.72. The van der Waals surface area contributed by atoms with Crippen LogP contribution in [0.15, 0.2) is 0 Å². The van der Waals surface area contributed by atoms with Gasteiger partial charge in [-0.15, -0.1) is 0 Å².